The number of allylic oxidation sites excluding steroid dienone is 6. The van der Waals surface area contributed by atoms with Gasteiger partial charge in [-0.2, -0.15) is 0 Å². The Bertz CT molecular complexity index is 669. The Morgan fingerprint density at radius 1 is 1.10 bits per heavy atom. The molecule has 0 aromatic carbocycles. The lowest BCUT2D eigenvalue weighted by atomic mass is 9.73. The largest absolute Gasteiger partial charge is 0.469 e. The maximum Gasteiger partial charge on any atom is 0.308 e. The molecule has 0 amide bonds. The van der Waals surface area contributed by atoms with Crippen LogP contribution in [0.3, 0.4) is 0 Å². The molecular formula is C25H40O5. The van der Waals surface area contributed by atoms with Gasteiger partial charge in [0.25, 0.3) is 0 Å². The van der Waals surface area contributed by atoms with Gasteiger partial charge in [-0.15, -0.1) is 0 Å². The maximum atomic E-state index is 12.1. The summed E-state index contributed by atoms with van der Waals surface area (Å²) in [6.45, 7) is 8.48. The molecule has 1 aliphatic rings. The van der Waals surface area contributed by atoms with Crippen molar-refractivity contribution < 1.29 is 24.2 Å². The van der Waals surface area contributed by atoms with Crippen LogP contribution in [0.1, 0.15) is 79.1 Å². The summed E-state index contributed by atoms with van der Waals surface area (Å²) in [5, 5.41) is 10.7. The molecule has 0 aromatic heterocycles. The maximum absolute atomic E-state index is 12.1. The summed E-state index contributed by atoms with van der Waals surface area (Å²) in [4.78, 5) is 23.9. The first-order valence-corrected chi connectivity index (χ1v) is 10.9. The Kier molecular flexibility index (Phi) is 11.3. The van der Waals surface area contributed by atoms with E-state index in [0.717, 1.165) is 25.7 Å². The van der Waals surface area contributed by atoms with Crippen LogP contribution in [0.2, 0.25) is 0 Å². The summed E-state index contributed by atoms with van der Waals surface area (Å²) in [6, 6.07) is 0. The summed E-state index contributed by atoms with van der Waals surface area (Å²) in [7, 11) is 2.85. The molecule has 0 spiro atoms. The van der Waals surface area contributed by atoms with Gasteiger partial charge in [0, 0.05) is 25.4 Å². The topological polar surface area (TPSA) is 72.8 Å². The Morgan fingerprint density at radius 3 is 2.20 bits per heavy atom. The smallest absolute Gasteiger partial charge is 0.308 e. The highest BCUT2D eigenvalue weighted by Gasteiger charge is 2.51. The van der Waals surface area contributed by atoms with Crippen molar-refractivity contribution in [2.45, 2.75) is 91.3 Å². The van der Waals surface area contributed by atoms with Gasteiger partial charge in [0.15, 0.2) is 0 Å². The first-order valence-electron chi connectivity index (χ1n) is 10.9. The fourth-order valence-corrected chi connectivity index (χ4v) is 4.10. The molecule has 3 atom stereocenters. The molecule has 0 radical (unpaired) electrons. The van der Waals surface area contributed by atoms with Crippen LogP contribution in [-0.2, 0) is 19.1 Å². The van der Waals surface area contributed by atoms with Crippen LogP contribution in [-0.4, -0.2) is 43.3 Å². The summed E-state index contributed by atoms with van der Waals surface area (Å²) >= 11 is 0. The summed E-state index contributed by atoms with van der Waals surface area (Å²) in [6.07, 6.45) is 10.2. The third kappa shape index (κ3) is 8.19. The van der Waals surface area contributed by atoms with Crippen molar-refractivity contribution in [1.29, 1.82) is 0 Å². The van der Waals surface area contributed by atoms with Crippen molar-refractivity contribution in [3.05, 3.63) is 34.9 Å². The van der Waals surface area contributed by atoms with Crippen molar-refractivity contribution in [2.24, 2.45) is 5.41 Å². The predicted molar refractivity (Wildman–Crippen MR) is 120 cm³/mol. The van der Waals surface area contributed by atoms with Gasteiger partial charge >= 0.3 is 5.97 Å². The molecule has 30 heavy (non-hydrogen) atoms. The second kappa shape index (κ2) is 12.9. The zero-order chi connectivity index (χ0) is 22.7. The number of aliphatic hydroxyl groups excluding tert-OH is 1. The van der Waals surface area contributed by atoms with Gasteiger partial charge < -0.3 is 14.6 Å². The highest BCUT2D eigenvalue weighted by molar-refractivity contribution is 5.83. The van der Waals surface area contributed by atoms with E-state index in [1.165, 1.54) is 30.9 Å². The van der Waals surface area contributed by atoms with Crippen LogP contribution in [0.15, 0.2) is 34.9 Å². The van der Waals surface area contributed by atoms with Gasteiger partial charge in [-0.05, 0) is 59.8 Å². The molecule has 5 heteroatoms. The fraction of sp³-hybridized carbons (Fsp3) is 0.680. The summed E-state index contributed by atoms with van der Waals surface area (Å²) < 4.78 is 10.4. The van der Waals surface area contributed by atoms with Gasteiger partial charge in [-0.1, -0.05) is 34.9 Å². The lowest BCUT2D eigenvalue weighted by Crippen LogP contribution is -2.44. The minimum absolute atomic E-state index is 0.00962. The summed E-state index contributed by atoms with van der Waals surface area (Å²) in [5.41, 5.74) is 3.18. The van der Waals surface area contributed by atoms with E-state index in [1.807, 2.05) is 0 Å². The second-order valence-corrected chi connectivity index (χ2v) is 8.84. The van der Waals surface area contributed by atoms with Crippen LogP contribution >= 0.6 is 0 Å². The van der Waals surface area contributed by atoms with Crippen LogP contribution < -0.4 is 0 Å². The Hall–Kier alpha value is -1.72. The highest BCUT2D eigenvalue weighted by Crippen LogP contribution is 2.45. The van der Waals surface area contributed by atoms with Crippen LogP contribution in [0, 0.1) is 5.41 Å². The molecule has 0 saturated heterocycles. The van der Waals surface area contributed by atoms with Crippen molar-refractivity contribution in [3.8, 4) is 0 Å². The number of hydrogen-bond acceptors (Lipinski definition) is 5. The number of hydrogen-bond donors (Lipinski definition) is 1. The monoisotopic (exact) mass is 420 g/mol. The number of carbonyl (C=O) groups is 2. The molecular weight excluding hydrogens is 380 g/mol. The van der Waals surface area contributed by atoms with Crippen molar-refractivity contribution in [1.82, 2.24) is 0 Å². The third-order valence-electron chi connectivity index (χ3n) is 6.07. The minimum atomic E-state index is -0.819. The average Bonchev–Trinajstić information content (AvgIpc) is 2.97. The lowest BCUT2D eigenvalue weighted by molar-refractivity contribution is -0.149. The molecule has 1 rings (SSSR count). The van der Waals surface area contributed by atoms with Crippen LogP contribution in [0.4, 0.5) is 0 Å². The van der Waals surface area contributed by atoms with Crippen molar-refractivity contribution in [2.75, 3.05) is 14.2 Å². The Balaban J connectivity index is 2.78. The Morgan fingerprint density at radius 2 is 1.70 bits per heavy atom. The molecule has 170 valence electrons. The number of rotatable bonds is 12. The van der Waals surface area contributed by atoms with E-state index in [9.17, 15) is 14.7 Å². The van der Waals surface area contributed by atoms with Crippen LogP contribution in [0.25, 0.3) is 0 Å². The minimum Gasteiger partial charge on any atom is -0.469 e. The molecule has 1 saturated carbocycles. The second-order valence-electron chi connectivity index (χ2n) is 8.84. The number of carbonyl (C=O) groups excluding carboxylic acids is 2. The number of Topliss-reactive ketones (excluding diaryl/α,β-unsaturated/α-hetero) is 1. The van der Waals surface area contributed by atoms with Crippen LogP contribution in [0.5, 0.6) is 0 Å². The first-order chi connectivity index (χ1) is 14.1. The third-order valence-corrected chi connectivity index (χ3v) is 6.07. The molecule has 1 aliphatic carbocycles. The van der Waals surface area contributed by atoms with E-state index < -0.39 is 23.6 Å². The molecule has 0 unspecified atom stereocenters. The van der Waals surface area contributed by atoms with E-state index in [2.05, 4.69) is 45.9 Å². The normalized spacial score (nSPS) is 23.4. The molecule has 1 fully saturated rings. The van der Waals surface area contributed by atoms with Crippen molar-refractivity contribution >= 4 is 11.8 Å². The number of aliphatic hydroxyl groups is 1. The number of ketones is 1. The van der Waals surface area contributed by atoms with Gasteiger partial charge in [0.05, 0.1) is 25.7 Å². The average molecular weight is 421 g/mol. The van der Waals surface area contributed by atoms with Gasteiger partial charge in [0.1, 0.15) is 5.78 Å². The Labute approximate surface area is 182 Å². The number of ether oxygens (including phenoxy) is 2. The molecule has 0 heterocycles. The predicted octanol–water partition coefficient (Wildman–Crippen LogP) is 5.08. The van der Waals surface area contributed by atoms with E-state index in [1.54, 1.807) is 0 Å². The molecule has 5 nitrogen and oxygen atoms in total. The van der Waals surface area contributed by atoms with E-state index in [0.29, 0.717) is 6.42 Å². The van der Waals surface area contributed by atoms with E-state index >= 15 is 0 Å². The zero-order valence-electron chi connectivity index (χ0n) is 19.6. The van der Waals surface area contributed by atoms with Gasteiger partial charge in [-0.25, -0.2) is 0 Å². The lowest BCUT2D eigenvalue weighted by Gasteiger charge is -2.37. The van der Waals surface area contributed by atoms with Crippen molar-refractivity contribution in [3.63, 3.8) is 0 Å². The highest BCUT2D eigenvalue weighted by atomic mass is 16.5. The van der Waals surface area contributed by atoms with Gasteiger partial charge in [-0.3, -0.25) is 9.59 Å². The SMILES string of the molecule is COC(=O)C[C@H](OC)[C@]1(C/C=C(\C)CC/C=C(\C)CCC=C(C)C)CC(=O)C[C@@H]1O. The number of esters is 1. The first kappa shape index (κ1) is 26.3. The molecule has 1 N–H and O–H groups in total. The molecule has 0 bridgehead atoms. The van der Waals surface area contributed by atoms with Gasteiger partial charge in [0.2, 0.25) is 0 Å². The molecule has 0 aliphatic heterocycles. The standard InChI is InChI=1S/C25H40O5/c1-18(2)9-7-10-19(3)11-8-12-20(4)13-14-25(17-21(26)15-22(25)27)23(29-5)16-24(28)30-6/h9,11,13,22-23,27H,7-8,10,12,14-17H2,1-6H3/b19-11+,20-13+/t22-,23-,25+/m0/s1. The molecule has 0 aromatic rings. The fourth-order valence-electron chi connectivity index (χ4n) is 4.10. The van der Waals surface area contributed by atoms with E-state index in [4.69, 9.17) is 9.47 Å². The van der Waals surface area contributed by atoms with E-state index in [-0.39, 0.29) is 25.0 Å². The zero-order valence-corrected chi connectivity index (χ0v) is 19.6. The summed E-state index contributed by atoms with van der Waals surface area (Å²) in [5.74, 6) is -0.391. The number of methoxy groups -OCH3 is 2. The quantitative estimate of drug-likeness (QED) is 0.352.